The fraction of sp³-hybridized carbons (Fsp3) is 0.625. The number of nitrogens with one attached hydrogen (secondary N) is 1. The van der Waals surface area contributed by atoms with Crippen LogP contribution < -0.4 is 5.32 Å². The van der Waals surface area contributed by atoms with E-state index in [0.717, 1.165) is 12.6 Å². The zero-order valence-electron chi connectivity index (χ0n) is 11.8. The first kappa shape index (κ1) is 14.0. The molecule has 0 aromatic heterocycles. The maximum atomic E-state index is 3.71. The summed E-state index contributed by atoms with van der Waals surface area (Å²) in [7, 11) is 0. The number of benzene rings is 1. The number of rotatable bonds is 5. The van der Waals surface area contributed by atoms with Crippen LogP contribution in [0.4, 0.5) is 0 Å². The molecule has 1 saturated carbocycles. The van der Waals surface area contributed by atoms with Gasteiger partial charge < -0.3 is 5.32 Å². The third kappa shape index (κ3) is 4.03. The molecule has 1 aromatic carbocycles. The molecule has 1 atom stereocenters. The molecule has 2 heteroatoms. The van der Waals surface area contributed by atoms with Gasteiger partial charge in [-0.15, -0.1) is 11.8 Å². The van der Waals surface area contributed by atoms with E-state index in [1.165, 1.54) is 41.7 Å². The van der Waals surface area contributed by atoms with Crippen LogP contribution in [0.3, 0.4) is 0 Å². The van der Waals surface area contributed by atoms with Gasteiger partial charge in [-0.3, -0.25) is 0 Å². The predicted molar refractivity (Wildman–Crippen MR) is 81.5 cm³/mol. The van der Waals surface area contributed by atoms with E-state index < -0.39 is 0 Å². The first-order valence-electron chi connectivity index (χ1n) is 7.12. The summed E-state index contributed by atoms with van der Waals surface area (Å²) in [5, 5.41) is 4.36. The Balaban J connectivity index is 1.80. The van der Waals surface area contributed by atoms with Gasteiger partial charge in [-0.25, -0.2) is 0 Å². The molecule has 0 radical (unpaired) electrons. The van der Waals surface area contributed by atoms with Gasteiger partial charge in [0, 0.05) is 22.7 Å². The summed E-state index contributed by atoms with van der Waals surface area (Å²) in [4.78, 5) is 1.43. The molecular weight excluding hydrogens is 238 g/mol. The van der Waals surface area contributed by atoms with E-state index in [-0.39, 0.29) is 0 Å². The molecular formula is C16H25NS. The molecule has 1 aliphatic carbocycles. The molecule has 2 rings (SSSR count). The molecule has 18 heavy (non-hydrogen) atoms. The minimum atomic E-state index is 0.645. The monoisotopic (exact) mass is 263 g/mol. The second-order valence-corrected chi connectivity index (χ2v) is 7.07. The van der Waals surface area contributed by atoms with E-state index in [0.29, 0.717) is 5.25 Å². The molecule has 0 heterocycles. The Kier molecular flexibility index (Phi) is 5.13. The Morgan fingerprint density at radius 1 is 1.28 bits per heavy atom. The SMILES string of the molecule is Cc1ccc(SC(C)CNC2CCCC2)c(C)c1. The van der Waals surface area contributed by atoms with Crippen LogP contribution in [-0.2, 0) is 0 Å². The Bertz CT molecular complexity index is 383. The highest BCUT2D eigenvalue weighted by Gasteiger charge is 2.15. The van der Waals surface area contributed by atoms with Gasteiger partial charge in [-0.2, -0.15) is 0 Å². The molecule has 1 unspecified atom stereocenters. The number of hydrogen-bond acceptors (Lipinski definition) is 2. The highest BCUT2D eigenvalue weighted by Crippen LogP contribution is 2.27. The van der Waals surface area contributed by atoms with Crippen molar-refractivity contribution in [2.45, 2.75) is 62.6 Å². The summed E-state index contributed by atoms with van der Waals surface area (Å²) in [5.74, 6) is 0. The number of hydrogen-bond donors (Lipinski definition) is 1. The van der Waals surface area contributed by atoms with Gasteiger partial charge in [-0.05, 0) is 38.3 Å². The molecule has 0 aliphatic heterocycles. The highest BCUT2D eigenvalue weighted by molar-refractivity contribution is 8.00. The van der Waals surface area contributed by atoms with Crippen molar-refractivity contribution in [2.24, 2.45) is 0 Å². The Morgan fingerprint density at radius 3 is 2.67 bits per heavy atom. The minimum Gasteiger partial charge on any atom is -0.313 e. The van der Waals surface area contributed by atoms with Crippen molar-refractivity contribution in [2.75, 3.05) is 6.54 Å². The second kappa shape index (κ2) is 6.63. The average molecular weight is 263 g/mol. The summed E-state index contributed by atoms with van der Waals surface area (Å²) < 4.78 is 0. The van der Waals surface area contributed by atoms with Crippen molar-refractivity contribution in [1.82, 2.24) is 5.32 Å². The molecule has 100 valence electrons. The van der Waals surface area contributed by atoms with Gasteiger partial charge in [0.05, 0.1) is 0 Å². The normalized spacial score (nSPS) is 18.2. The zero-order chi connectivity index (χ0) is 13.0. The molecule has 1 aromatic rings. The lowest BCUT2D eigenvalue weighted by Crippen LogP contribution is -2.31. The summed E-state index contributed by atoms with van der Waals surface area (Å²) in [6, 6.07) is 7.54. The van der Waals surface area contributed by atoms with Crippen LogP contribution in [0.2, 0.25) is 0 Å². The van der Waals surface area contributed by atoms with E-state index in [1.54, 1.807) is 0 Å². The molecule has 1 N–H and O–H groups in total. The highest BCUT2D eigenvalue weighted by atomic mass is 32.2. The number of aryl methyl sites for hydroxylation is 2. The molecule has 0 spiro atoms. The van der Waals surface area contributed by atoms with Gasteiger partial charge >= 0.3 is 0 Å². The minimum absolute atomic E-state index is 0.645. The molecule has 0 saturated heterocycles. The Hall–Kier alpha value is -0.470. The van der Waals surface area contributed by atoms with Gasteiger partial charge in [0.1, 0.15) is 0 Å². The zero-order valence-corrected chi connectivity index (χ0v) is 12.6. The molecule has 0 bridgehead atoms. The van der Waals surface area contributed by atoms with E-state index in [4.69, 9.17) is 0 Å². The Labute approximate surface area is 116 Å². The van der Waals surface area contributed by atoms with Crippen LogP contribution >= 0.6 is 11.8 Å². The topological polar surface area (TPSA) is 12.0 Å². The number of thioether (sulfide) groups is 1. The quantitative estimate of drug-likeness (QED) is 0.794. The van der Waals surface area contributed by atoms with Crippen molar-refractivity contribution in [3.63, 3.8) is 0 Å². The van der Waals surface area contributed by atoms with Crippen molar-refractivity contribution >= 4 is 11.8 Å². The van der Waals surface area contributed by atoms with Gasteiger partial charge in [0.15, 0.2) is 0 Å². The van der Waals surface area contributed by atoms with Crippen LogP contribution in [0, 0.1) is 13.8 Å². The van der Waals surface area contributed by atoms with Crippen LogP contribution in [0.25, 0.3) is 0 Å². The fourth-order valence-corrected chi connectivity index (χ4v) is 3.66. The lowest BCUT2D eigenvalue weighted by atomic mass is 10.2. The van der Waals surface area contributed by atoms with Crippen LogP contribution in [-0.4, -0.2) is 17.8 Å². The van der Waals surface area contributed by atoms with E-state index >= 15 is 0 Å². The maximum Gasteiger partial charge on any atom is 0.0191 e. The lowest BCUT2D eigenvalue weighted by molar-refractivity contribution is 0.527. The first-order valence-corrected chi connectivity index (χ1v) is 8.00. The standard InChI is InChI=1S/C16H25NS/c1-12-8-9-16(13(2)10-12)18-14(3)11-17-15-6-4-5-7-15/h8-10,14-15,17H,4-7,11H2,1-3H3. The Morgan fingerprint density at radius 2 is 2.00 bits per heavy atom. The van der Waals surface area contributed by atoms with Crippen molar-refractivity contribution in [1.29, 1.82) is 0 Å². The van der Waals surface area contributed by atoms with Crippen LogP contribution in [0.15, 0.2) is 23.1 Å². The summed E-state index contributed by atoms with van der Waals surface area (Å²) in [6.07, 6.45) is 5.58. The largest absolute Gasteiger partial charge is 0.313 e. The summed E-state index contributed by atoms with van der Waals surface area (Å²) in [5.41, 5.74) is 2.77. The van der Waals surface area contributed by atoms with Crippen LogP contribution in [0.5, 0.6) is 0 Å². The van der Waals surface area contributed by atoms with Crippen molar-refractivity contribution < 1.29 is 0 Å². The van der Waals surface area contributed by atoms with Gasteiger partial charge in [-0.1, -0.05) is 37.5 Å². The van der Waals surface area contributed by atoms with E-state index in [2.05, 4.69) is 44.3 Å². The summed E-state index contributed by atoms with van der Waals surface area (Å²) >= 11 is 2.00. The summed E-state index contributed by atoms with van der Waals surface area (Å²) in [6.45, 7) is 7.83. The van der Waals surface area contributed by atoms with Gasteiger partial charge in [0.25, 0.3) is 0 Å². The first-order chi connectivity index (χ1) is 8.65. The average Bonchev–Trinajstić information content (AvgIpc) is 2.83. The third-order valence-electron chi connectivity index (χ3n) is 3.71. The molecule has 0 amide bonds. The van der Waals surface area contributed by atoms with Crippen molar-refractivity contribution in [3.05, 3.63) is 29.3 Å². The third-order valence-corrected chi connectivity index (χ3v) is 4.99. The van der Waals surface area contributed by atoms with Gasteiger partial charge in [0.2, 0.25) is 0 Å². The van der Waals surface area contributed by atoms with Crippen LogP contribution in [0.1, 0.15) is 43.7 Å². The fourth-order valence-electron chi connectivity index (χ4n) is 2.65. The molecule has 1 nitrogen and oxygen atoms in total. The van der Waals surface area contributed by atoms with E-state index in [9.17, 15) is 0 Å². The molecule has 1 fully saturated rings. The van der Waals surface area contributed by atoms with E-state index in [1.807, 2.05) is 11.8 Å². The maximum absolute atomic E-state index is 3.71. The lowest BCUT2D eigenvalue weighted by Gasteiger charge is -2.17. The van der Waals surface area contributed by atoms with Crippen molar-refractivity contribution in [3.8, 4) is 0 Å². The predicted octanol–water partition coefficient (Wildman–Crippen LogP) is 4.32. The molecule has 1 aliphatic rings. The smallest absolute Gasteiger partial charge is 0.0191 e. The second-order valence-electron chi connectivity index (χ2n) is 5.59.